The number of benzene rings is 1. The summed E-state index contributed by atoms with van der Waals surface area (Å²) < 4.78 is 66.3. The van der Waals surface area contributed by atoms with Gasteiger partial charge in [-0.2, -0.15) is 5.10 Å². The second-order valence-electron chi connectivity index (χ2n) is 4.17. The lowest BCUT2D eigenvalue weighted by Crippen LogP contribution is -2.24. The molecule has 11 heteroatoms. The number of carboxylic acid groups (broad SMARTS) is 1. The number of carbonyl (C=O) groups is 2. The van der Waals surface area contributed by atoms with Crippen LogP contribution in [-0.4, -0.2) is 26.8 Å². The number of halogens is 5. The van der Waals surface area contributed by atoms with Gasteiger partial charge in [-0.15, -0.1) is 0 Å². The highest BCUT2D eigenvalue weighted by Gasteiger charge is 2.27. The van der Waals surface area contributed by atoms with Crippen molar-refractivity contribution in [2.24, 2.45) is 0 Å². The average molecular weight is 335 g/mol. The van der Waals surface area contributed by atoms with Crippen molar-refractivity contribution in [2.75, 3.05) is 5.32 Å². The van der Waals surface area contributed by atoms with E-state index < -0.39 is 58.9 Å². The molecule has 1 aromatic heterocycles. The molecule has 0 saturated heterocycles. The molecule has 2 N–H and O–H groups in total. The Balaban J connectivity index is 2.28. The van der Waals surface area contributed by atoms with Gasteiger partial charge in [0.25, 0.3) is 0 Å². The lowest BCUT2D eigenvalue weighted by atomic mass is 10.2. The Morgan fingerprint density at radius 1 is 1.04 bits per heavy atom. The molecular weight excluding hydrogens is 329 g/mol. The first-order valence-corrected chi connectivity index (χ1v) is 5.80. The minimum absolute atomic E-state index is 0.405. The molecule has 0 fully saturated rings. The van der Waals surface area contributed by atoms with Crippen molar-refractivity contribution < 1.29 is 36.6 Å². The number of amides is 1. The molecule has 0 aliphatic heterocycles. The third-order valence-electron chi connectivity index (χ3n) is 2.70. The van der Waals surface area contributed by atoms with Crippen molar-refractivity contribution in [1.29, 1.82) is 0 Å². The molecular formula is C12H6F5N3O3. The number of nitrogens with one attached hydrogen (secondary N) is 1. The Hall–Kier alpha value is -2.98. The molecule has 1 aromatic carbocycles. The van der Waals surface area contributed by atoms with Crippen LogP contribution >= 0.6 is 0 Å². The number of aromatic nitrogens is 2. The zero-order valence-corrected chi connectivity index (χ0v) is 10.9. The second-order valence-corrected chi connectivity index (χ2v) is 4.17. The van der Waals surface area contributed by atoms with Gasteiger partial charge in [0, 0.05) is 6.20 Å². The van der Waals surface area contributed by atoms with Crippen LogP contribution < -0.4 is 5.32 Å². The normalized spacial score (nSPS) is 10.7. The van der Waals surface area contributed by atoms with Crippen LogP contribution in [-0.2, 0) is 11.3 Å². The maximum Gasteiger partial charge on any atom is 0.354 e. The summed E-state index contributed by atoms with van der Waals surface area (Å²) in [4.78, 5) is 22.4. The van der Waals surface area contributed by atoms with Crippen LogP contribution in [0.15, 0.2) is 12.3 Å². The Morgan fingerprint density at radius 3 is 2.09 bits per heavy atom. The summed E-state index contributed by atoms with van der Waals surface area (Å²) >= 11 is 0. The SMILES string of the molecule is O=C(Cn1nccc1C(=O)O)Nc1c(F)c(F)c(F)c(F)c1F. The van der Waals surface area contributed by atoms with Crippen molar-refractivity contribution in [3.63, 3.8) is 0 Å². The van der Waals surface area contributed by atoms with Gasteiger partial charge >= 0.3 is 5.97 Å². The number of rotatable bonds is 4. The van der Waals surface area contributed by atoms with E-state index in [2.05, 4.69) is 5.10 Å². The molecule has 23 heavy (non-hydrogen) atoms. The number of hydrogen-bond donors (Lipinski definition) is 2. The Kier molecular flexibility index (Phi) is 4.29. The van der Waals surface area contributed by atoms with Crippen molar-refractivity contribution in [3.8, 4) is 0 Å². The van der Waals surface area contributed by atoms with Crippen LogP contribution in [0.3, 0.4) is 0 Å². The molecule has 0 atom stereocenters. The first kappa shape index (κ1) is 16.4. The van der Waals surface area contributed by atoms with Gasteiger partial charge in [-0.1, -0.05) is 0 Å². The van der Waals surface area contributed by atoms with Crippen LogP contribution in [0.4, 0.5) is 27.6 Å². The van der Waals surface area contributed by atoms with Crippen molar-refractivity contribution in [3.05, 3.63) is 47.0 Å². The molecule has 0 bridgehead atoms. The zero-order valence-electron chi connectivity index (χ0n) is 10.9. The van der Waals surface area contributed by atoms with Gasteiger partial charge in [0.2, 0.25) is 11.7 Å². The largest absolute Gasteiger partial charge is 0.477 e. The van der Waals surface area contributed by atoms with E-state index in [0.29, 0.717) is 4.68 Å². The van der Waals surface area contributed by atoms with E-state index in [1.165, 1.54) is 5.32 Å². The van der Waals surface area contributed by atoms with Gasteiger partial charge in [-0.25, -0.2) is 31.4 Å². The predicted molar refractivity (Wildman–Crippen MR) is 64.0 cm³/mol. The van der Waals surface area contributed by atoms with Gasteiger partial charge in [0.15, 0.2) is 23.3 Å². The van der Waals surface area contributed by atoms with Gasteiger partial charge in [0.1, 0.15) is 17.9 Å². The van der Waals surface area contributed by atoms with Crippen molar-refractivity contribution >= 4 is 17.6 Å². The minimum Gasteiger partial charge on any atom is -0.477 e. The maximum atomic E-state index is 13.4. The third-order valence-corrected chi connectivity index (χ3v) is 2.70. The Labute approximate surface area is 124 Å². The standard InChI is InChI=1S/C12H6F5N3O3/c13-6-7(14)9(16)11(10(17)8(6)15)19-5(21)3-20-4(12(22)23)1-2-18-20/h1-2H,3H2,(H,19,21)(H,22,23). The molecule has 0 spiro atoms. The highest BCUT2D eigenvalue weighted by Crippen LogP contribution is 2.27. The van der Waals surface area contributed by atoms with E-state index in [-0.39, 0.29) is 0 Å². The average Bonchev–Trinajstić information content (AvgIpc) is 2.96. The number of hydrogen-bond acceptors (Lipinski definition) is 3. The molecule has 2 rings (SSSR count). The molecule has 0 saturated carbocycles. The van der Waals surface area contributed by atoms with Crippen LogP contribution in [0.1, 0.15) is 10.5 Å². The van der Waals surface area contributed by atoms with Crippen molar-refractivity contribution in [2.45, 2.75) is 6.54 Å². The fourth-order valence-electron chi connectivity index (χ4n) is 1.67. The van der Waals surface area contributed by atoms with Gasteiger partial charge in [0.05, 0.1) is 0 Å². The number of anilines is 1. The monoisotopic (exact) mass is 335 g/mol. The summed E-state index contributed by atoms with van der Waals surface area (Å²) in [5.41, 5.74) is -1.94. The van der Waals surface area contributed by atoms with Gasteiger partial charge in [-0.05, 0) is 6.07 Å². The topological polar surface area (TPSA) is 84.2 Å². The first-order valence-electron chi connectivity index (χ1n) is 5.80. The molecule has 0 aliphatic rings. The summed E-state index contributed by atoms with van der Waals surface area (Å²) in [6.07, 6.45) is 1.05. The minimum atomic E-state index is -2.36. The fourth-order valence-corrected chi connectivity index (χ4v) is 1.67. The van der Waals surface area contributed by atoms with E-state index in [0.717, 1.165) is 12.3 Å². The number of aromatic carboxylic acids is 1. The lowest BCUT2D eigenvalue weighted by molar-refractivity contribution is -0.117. The molecule has 0 radical (unpaired) electrons. The summed E-state index contributed by atoms with van der Waals surface area (Å²) in [6, 6.07) is 1.05. The summed E-state index contributed by atoms with van der Waals surface area (Å²) in [7, 11) is 0. The predicted octanol–water partition coefficient (Wildman–Crippen LogP) is 1.92. The van der Waals surface area contributed by atoms with Crippen LogP contribution in [0, 0.1) is 29.1 Å². The van der Waals surface area contributed by atoms with E-state index in [1.54, 1.807) is 0 Å². The highest BCUT2D eigenvalue weighted by molar-refractivity contribution is 5.92. The van der Waals surface area contributed by atoms with Crippen molar-refractivity contribution in [1.82, 2.24) is 9.78 Å². The van der Waals surface area contributed by atoms with Gasteiger partial charge in [-0.3, -0.25) is 4.79 Å². The van der Waals surface area contributed by atoms with Crippen LogP contribution in [0.5, 0.6) is 0 Å². The quantitative estimate of drug-likeness (QED) is 0.508. The van der Waals surface area contributed by atoms with E-state index in [9.17, 15) is 31.5 Å². The molecule has 1 amide bonds. The second kappa shape index (κ2) is 6.02. The smallest absolute Gasteiger partial charge is 0.354 e. The Morgan fingerprint density at radius 2 is 1.57 bits per heavy atom. The molecule has 122 valence electrons. The Bertz CT molecular complexity index is 776. The highest BCUT2D eigenvalue weighted by atomic mass is 19.2. The van der Waals surface area contributed by atoms with E-state index in [4.69, 9.17) is 5.11 Å². The molecule has 1 heterocycles. The zero-order chi connectivity index (χ0) is 17.3. The fraction of sp³-hybridized carbons (Fsp3) is 0.0833. The summed E-state index contributed by atoms with van der Waals surface area (Å²) in [6.45, 7) is -0.811. The lowest BCUT2D eigenvalue weighted by Gasteiger charge is -2.10. The molecule has 6 nitrogen and oxygen atoms in total. The summed E-state index contributed by atoms with van der Waals surface area (Å²) in [5, 5.41) is 13.8. The molecule has 0 aliphatic carbocycles. The summed E-state index contributed by atoms with van der Waals surface area (Å²) in [5.74, 6) is -13.9. The molecule has 2 aromatic rings. The van der Waals surface area contributed by atoms with Gasteiger partial charge < -0.3 is 10.4 Å². The first-order chi connectivity index (χ1) is 10.7. The third kappa shape index (κ3) is 2.98. The number of carbonyl (C=O) groups excluding carboxylic acids is 1. The van der Waals surface area contributed by atoms with Crippen LogP contribution in [0.2, 0.25) is 0 Å². The number of nitrogens with zero attached hydrogens (tertiary/aromatic N) is 2. The van der Waals surface area contributed by atoms with E-state index >= 15 is 0 Å². The van der Waals surface area contributed by atoms with E-state index in [1.807, 2.05) is 0 Å². The number of carboxylic acids is 1. The molecule has 0 unspecified atom stereocenters. The van der Waals surface area contributed by atoms with Crippen LogP contribution in [0.25, 0.3) is 0 Å². The maximum absolute atomic E-state index is 13.4.